The molecule has 0 atom stereocenters. The maximum Gasteiger partial charge on any atom is 0.243 e. The summed E-state index contributed by atoms with van der Waals surface area (Å²) >= 11 is 0. The van der Waals surface area contributed by atoms with Crippen molar-refractivity contribution in [2.24, 2.45) is 7.05 Å². The van der Waals surface area contributed by atoms with Crippen LogP contribution in [0, 0.1) is 0 Å². The molecule has 0 unspecified atom stereocenters. The lowest BCUT2D eigenvalue weighted by Gasteiger charge is -2.25. The average molecular weight is 378 g/mol. The van der Waals surface area contributed by atoms with Crippen LogP contribution in [0.25, 0.3) is 11.0 Å². The van der Waals surface area contributed by atoms with Gasteiger partial charge in [0.05, 0.1) is 15.9 Å². The minimum Gasteiger partial charge on any atom is -0.356 e. The second kappa shape index (κ2) is 7.75. The number of carbonyl (C=O) groups is 1. The fourth-order valence-electron chi connectivity index (χ4n) is 3.38. The third kappa shape index (κ3) is 3.76. The van der Waals surface area contributed by atoms with Crippen molar-refractivity contribution < 1.29 is 13.2 Å². The molecule has 0 bridgehead atoms. The number of imidazole rings is 1. The number of nitrogens with zero attached hydrogens (tertiary/aromatic N) is 3. The molecule has 2 heterocycles. The van der Waals surface area contributed by atoms with Crippen molar-refractivity contribution in [3.05, 3.63) is 24.0 Å². The first-order chi connectivity index (χ1) is 12.4. The highest BCUT2D eigenvalue weighted by Gasteiger charge is 2.26. The molecular weight excluding hydrogens is 352 g/mol. The van der Waals surface area contributed by atoms with E-state index in [0.717, 1.165) is 30.6 Å². The molecule has 1 aliphatic heterocycles. The van der Waals surface area contributed by atoms with Gasteiger partial charge < -0.3 is 9.88 Å². The van der Waals surface area contributed by atoms with Crippen molar-refractivity contribution in [3.8, 4) is 0 Å². The van der Waals surface area contributed by atoms with Gasteiger partial charge in [-0.25, -0.2) is 13.4 Å². The number of sulfonamides is 1. The summed E-state index contributed by atoms with van der Waals surface area (Å²) < 4.78 is 29.2. The molecule has 0 aliphatic carbocycles. The zero-order valence-corrected chi connectivity index (χ0v) is 16.2. The number of hydrogen-bond donors (Lipinski definition) is 1. The highest BCUT2D eigenvalue weighted by Crippen LogP contribution is 2.24. The van der Waals surface area contributed by atoms with Gasteiger partial charge in [0, 0.05) is 39.5 Å². The van der Waals surface area contributed by atoms with E-state index in [4.69, 9.17) is 0 Å². The maximum atomic E-state index is 12.8. The number of piperidine rings is 1. The second-order valence-corrected chi connectivity index (χ2v) is 8.59. The van der Waals surface area contributed by atoms with Gasteiger partial charge in [-0.1, -0.05) is 6.42 Å². The molecule has 0 saturated carbocycles. The molecule has 0 radical (unpaired) electrons. The molecule has 0 spiro atoms. The summed E-state index contributed by atoms with van der Waals surface area (Å²) in [4.78, 5) is 16.5. The van der Waals surface area contributed by atoms with Crippen molar-refractivity contribution in [3.63, 3.8) is 0 Å². The van der Waals surface area contributed by atoms with E-state index in [0.29, 0.717) is 42.9 Å². The molecule has 2 aromatic rings. The smallest absolute Gasteiger partial charge is 0.243 e. The van der Waals surface area contributed by atoms with Crippen LogP contribution in [0.4, 0.5) is 0 Å². The van der Waals surface area contributed by atoms with Crippen LogP contribution in [0.3, 0.4) is 0 Å². The standard InChI is InChI=1S/C18H26N4O3S/c1-3-19-18(23)10-9-17-20-15-13-14(7-8-16(15)21(17)2)26(24,25)22-11-5-4-6-12-22/h7-8,13H,3-6,9-12H2,1-2H3,(H,19,23). The van der Waals surface area contributed by atoms with E-state index in [-0.39, 0.29) is 5.91 Å². The Kier molecular flexibility index (Phi) is 5.62. The van der Waals surface area contributed by atoms with Crippen molar-refractivity contribution in [2.75, 3.05) is 19.6 Å². The average Bonchev–Trinajstić information content (AvgIpc) is 2.96. The van der Waals surface area contributed by atoms with Crippen LogP contribution in [0.2, 0.25) is 0 Å². The van der Waals surface area contributed by atoms with Crippen LogP contribution < -0.4 is 5.32 Å². The Morgan fingerprint density at radius 3 is 2.65 bits per heavy atom. The van der Waals surface area contributed by atoms with E-state index in [1.807, 2.05) is 18.5 Å². The summed E-state index contributed by atoms with van der Waals surface area (Å²) in [6, 6.07) is 5.10. The summed E-state index contributed by atoms with van der Waals surface area (Å²) in [7, 11) is -1.58. The van der Waals surface area contributed by atoms with Gasteiger partial charge >= 0.3 is 0 Å². The maximum absolute atomic E-state index is 12.8. The van der Waals surface area contributed by atoms with Crippen LogP contribution in [-0.2, 0) is 28.3 Å². The summed E-state index contributed by atoms with van der Waals surface area (Å²) in [6.07, 6.45) is 3.79. The molecule has 1 N–H and O–H groups in total. The highest BCUT2D eigenvalue weighted by molar-refractivity contribution is 7.89. The first-order valence-electron chi connectivity index (χ1n) is 9.15. The fourth-order valence-corrected chi connectivity index (χ4v) is 4.92. The lowest BCUT2D eigenvalue weighted by molar-refractivity contribution is -0.120. The molecule has 142 valence electrons. The largest absolute Gasteiger partial charge is 0.356 e. The lowest BCUT2D eigenvalue weighted by atomic mass is 10.2. The minimum atomic E-state index is -3.47. The van der Waals surface area contributed by atoms with E-state index >= 15 is 0 Å². The Morgan fingerprint density at radius 1 is 1.23 bits per heavy atom. The van der Waals surface area contributed by atoms with Crippen LogP contribution in [0.15, 0.2) is 23.1 Å². The number of carbonyl (C=O) groups excluding carboxylic acids is 1. The Balaban J connectivity index is 1.85. The Labute approximate surface area is 154 Å². The topological polar surface area (TPSA) is 84.3 Å². The molecule has 1 amide bonds. The van der Waals surface area contributed by atoms with Crippen LogP contribution in [-0.4, -0.2) is 47.8 Å². The molecular formula is C18H26N4O3S. The molecule has 3 rings (SSSR count). The molecule has 1 fully saturated rings. The number of amides is 1. The van der Waals surface area contributed by atoms with Gasteiger partial charge in [0.1, 0.15) is 5.82 Å². The van der Waals surface area contributed by atoms with Crippen molar-refractivity contribution in [1.29, 1.82) is 0 Å². The number of rotatable bonds is 6. The number of nitrogens with one attached hydrogen (secondary N) is 1. The fraction of sp³-hybridized carbons (Fsp3) is 0.556. The van der Waals surface area contributed by atoms with Gasteiger partial charge in [0.15, 0.2) is 0 Å². The number of hydrogen-bond acceptors (Lipinski definition) is 4. The summed E-state index contributed by atoms with van der Waals surface area (Å²) in [5.41, 5.74) is 1.52. The van der Waals surface area contributed by atoms with E-state index in [1.54, 1.807) is 22.5 Å². The van der Waals surface area contributed by atoms with Crippen molar-refractivity contribution in [1.82, 2.24) is 19.2 Å². The summed E-state index contributed by atoms with van der Waals surface area (Å²) in [5.74, 6) is 0.770. The van der Waals surface area contributed by atoms with Crippen LogP contribution in [0.1, 0.15) is 38.4 Å². The van der Waals surface area contributed by atoms with Gasteiger partial charge in [-0.3, -0.25) is 4.79 Å². The first-order valence-corrected chi connectivity index (χ1v) is 10.6. The normalized spacial score (nSPS) is 16.1. The van der Waals surface area contributed by atoms with Gasteiger partial charge in [-0.2, -0.15) is 4.31 Å². The number of aromatic nitrogens is 2. The molecule has 1 saturated heterocycles. The summed E-state index contributed by atoms with van der Waals surface area (Å²) in [5, 5.41) is 2.77. The van der Waals surface area contributed by atoms with Gasteiger partial charge in [-0.15, -0.1) is 0 Å². The first kappa shape index (κ1) is 18.8. The Bertz CT molecular complexity index is 899. The van der Waals surface area contributed by atoms with E-state index in [1.165, 1.54) is 0 Å². The highest BCUT2D eigenvalue weighted by atomic mass is 32.2. The molecule has 1 aromatic heterocycles. The molecule has 7 nitrogen and oxygen atoms in total. The van der Waals surface area contributed by atoms with Crippen LogP contribution in [0.5, 0.6) is 0 Å². The SMILES string of the molecule is CCNC(=O)CCc1nc2cc(S(=O)(=O)N3CCCCC3)ccc2n1C. The zero-order valence-electron chi connectivity index (χ0n) is 15.4. The number of aryl methyl sites for hydroxylation is 2. The van der Waals surface area contributed by atoms with Crippen molar-refractivity contribution in [2.45, 2.75) is 43.9 Å². The molecule has 1 aromatic carbocycles. The zero-order chi connectivity index (χ0) is 18.7. The Hall–Kier alpha value is -1.93. The Morgan fingerprint density at radius 2 is 1.96 bits per heavy atom. The molecule has 8 heteroatoms. The predicted octanol–water partition coefficient (Wildman–Crippen LogP) is 1.82. The van der Waals surface area contributed by atoms with E-state index in [9.17, 15) is 13.2 Å². The number of benzene rings is 1. The lowest BCUT2D eigenvalue weighted by Crippen LogP contribution is -2.35. The monoisotopic (exact) mass is 378 g/mol. The molecule has 1 aliphatic rings. The third-order valence-corrected chi connectivity index (χ3v) is 6.74. The molecule has 26 heavy (non-hydrogen) atoms. The van der Waals surface area contributed by atoms with Gasteiger partial charge in [-0.05, 0) is 38.0 Å². The van der Waals surface area contributed by atoms with Crippen LogP contribution >= 0.6 is 0 Å². The summed E-state index contributed by atoms with van der Waals surface area (Å²) in [6.45, 7) is 3.66. The predicted molar refractivity (Wildman–Crippen MR) is 100 cm³/mol. The van der Waals surface area contributed by atoms with Gasteiger partial charge in [0.2, 0.25) is 15.9 Å². The van der Waals surface area contributed by atoms with E-state index in [2.05, 4.69) is 10.3 Å². The van der Waals surface area contributed by atoms with E-state index < -0.39 is 10.0 Å². The van der Waals surface area contributed by atoms with Gasteiger partial charge in [0.25, 0.3) is 0 Å². The third-order valence-electron chi connectivity index (χ3n) is 4.85. The number of fused-ring (bicyclic) bond motifs is 1. The quantitative estimate of drug-likeness (QED) is 0.831. The second-order valence-electron chi connectivity index (χ2n) is 6.66. The van der Waals surface area contributed by atoms with Crippen molar-refractivity contribution >= 4 is 27.0 Å². The minimum absolute atomic E-state index is 0.00655.